The van der Waals surface area contributed by atoms with Crippen LogP contribution in [0.25, 0.3) is 0 Å². The van der Waals surface area contributed by atoms with E-state index in [2.05, 4.69) is 5.32 Å². The second-order valence-corrected chi connectivity index (χ2v) is 5.99. The molecule has 0 spiro atoms. The number of hydrogen-bond donors (Lipinski definition) is 2. The summed E-state index contributed by atoms with van der Waals surface area (Å²) in [5.41, 5.74) is 0.345. The Morgan fingerprint density at radius 2 is 1.85 bits per heavy atom. The molecule has 3 nitrogen and oxygen atoms in total. The highest BCUT2D eigenvalue weighted by molar-refractivity contribution is 6.33. The molecule has 0 atom stereocenters. The summed E-state index contributed by atoms with van der Waals surface area (Å²) in [6.45, 7) is 0.699. The smallest absolute Gasteiger partial charge is 0.252 e. The number of phenols is 1. The summed E-state index contributed by atoms with van der Waals surface area (Å²) in [6, 6.07) is 4.44. The van der Waals surface area contributed by atoms with E-state index < -0.39 is 0 Å². The monoisotopic (exact) mass is 295 g/mol. The number of halogens is 1. The van der Waals surface area contributed by atoms with Crippen molar-refractivity contribution >= 4 is 17.5 Å². The first-order chi connectivity index (χ1) is 9.66. The lowest BCUT2D eigenvalue weighted by atomic mass is 9.91. The van der Waals surface area contributed by atoms with Crippen LogP contribution in [-0.4, -0.2) is 17.6 Å². The van der Waals surface area contributed by atoms with Crippen molar-refractivity contribution in [2.75, 3.05) is 6.54 Å². The van der Waals surface area contributed by atoms with E-state index >= 15 is 0 Å². The highest BCUT2D eigenvalue weighted by Gasteiger charge is 2.15. The first-order valence-corrected chi connectivity index (χ1v) is 7.81. The fraction of sp³-hybridized carbons (Fsp3) is 0.562. The van der Waals surface area contributed by atoms with Gasteiger partial charge in [0.2, 0.25) is 0 Å². The Kier molecular flexibility index (Phi) is 5.72. The van der Waals surface area contributed by atoms with Gasteiger partial charge in [-0.1, -0.05) is 43.7 Å². The lowest BCUT2D eigenvalue weighted by molar-refractivity contribution is 0.0944. The lowest BCUT2D eigenvalue weighted by Crippen LogP contribution is -2.29. The topological polar surface area (TPSA) is 49.3 Å². The van der Waals surface area contributed by atoms with Crippen molar-refractivity contribution in [3.8, 4) is 5.75 Å². The lowest BCUT2D eigenvalue weighted by Gasteiger charge is -2.20. The Balaban J connectivity index is 1.89. The summed E-state index contributed by atoms with van der Waals surface area (Å²) >= 11 is 5.99. The number of carbonyl (C=O) groups excluding carboxylic acids is 1. The van der Waals surface area contributed by atoms with Gasteiger partial charge in [-0.2, -0.15) is 0 Å². The molecule has 2 N–H and O–H groups in total. The van der Waals surface area contributed by atoms with E-state index in [1.165, 1.54) is 57.1 Å². The maximum absolute atomic E-state index is 12.1. The Bertz CT molecular complexity index is 454. The van der Waals surface area contributed by atoms with E-state index in [1.807, 2.05) is 0 Å². The molecule has 0 bridgehead atoms. The van der Waals surface area contributed by atoms with E-state index in [-0.39, 0.29) is 11.7 Å². The van der Waals surface area contributed by atoms with Crippen LogP contribution in [0.4, 0.5) is 0 Å². The van der Waals surface area contributed by atoms with Gasteiger partial charge in [-0.05, 0) is 37.0 Å². The Labute approximate surface area is 125 Å². The van der Waals surface area contributed by atoms with Crippen LogP contribution in [0.15, 0.2) is 18.2 Å². The van der Waals surface area contributed by atoms with Crippen molar-refractivity contribution in [2.45, 2.75) is 44.9 Å². The fourth-order valence-corrected chi connectivity index (χ4v) is 2.97. The molecule has 0 saturated heterocycles. The van der Waals surface area contributed by atoms with Crippen LogP contribution in [0.3, 0.4) is 0 Å². The van der Waals surface area contributed by atoms with Crippen LogP contribution in [0.5, 0.6) is 5.75 Å². The second-order valence-electron chi connectivity index (χ2n) is 5.59. The molecule has 0 aliphatic heterocycles. The van der Waals surface area contributed by atoms with Crippen LogP contribution >= 0.6 is 11.6 Å². The number of nitrogens with one attached hydrogen (secondary N) is 1. The van der Waals surface area contributed by atoms with Crippen molar-refractivity contribution in [3.63, 3.8) is 0 Å². The quantitative estimate of drug-likeness (QED) is 0.880. The van der Waals surface area contributed by atoms with Gasteiger partial charge in [-0.3, -0.25) is 4.79 Å². The summed E-state index contributed by atoms with van der Waals surface area (Å²) in [4.78, 5) is 12.1. The van der Waals surface area contributed by atoms with Gasteiger partial charge in [0.05, 0.1) is 10.6 Å². The summed E-state index contributed by atoms with van der Waals surface area (Å²) in [5.74, 6) is 0.425. The molecule has 0 radical (unpaired) electrons. The Morgan fingerprint density at radius 1 is 1.20 bits per heavy atom. The molecule has 2 rings (SSSR count). The standard InChI is InChI=1S/C16H22ClNO2/c17-15-9-8-13(19)10-14(15)16(20)18-11-12-6-4-2-1-3-5-7-12/h8-10,12,19H,1-7,11H2,(H,18,20). The molecule has 0 aromatic heterocycles. The largest absolute Gasteiger partial charge is 0.508 e. The minimum Gasteiger partial charge on any atom is -0.508 e. The van der Waals surface area contributed by atoms with Gasteiger partial charge in [0, 0.05) is 6.54 Å². The molecule has 1 aromatic carbocycles. The molecule has 4 heteroatoms. The minimum atomic E-state index is -0.201. The molecule has 1 aromatic rings. The van der Waals surface area contributed by atoms with Gasteiger partial charge in [0.25, 0.3) is 5.91 Å². The zero-order valence-corrected chi connectivity index (χ0v) is 12.5. The first kappa shape index (κ1) is 15.2. The second kappa shape index (κ2) is 7.53. The van der Waals surface area contributed by atoms with Gasteiger partial charge >= 0.3 is 0 Å². The van der Waals surface area contributed by atoms with Gasteiger partial charge < -0.3 is 10.4 Å². The molecule has 0 heterocycles. The van der Waals surface area contributed by atoms with Crippen LogP contribution in [0, 0.1) is 5.92 Å². The number of amides is 1. The highest BCUT2D eigenvalue weighted by Crippen LogP contribution is 2.23. The molecular formula is C16H22ClNO2. The normalized spacial score (nSPS) is 17.2. The predicted octanol–water partition coefficient (Wildman–Crippen LogP) is 4.14. The highest BCUT2D eigenvalue weighted by atomic mass is 35.5. The number of phenolic OH excluding ortho intramolecular Hbond substituents is 1. The van der Waals surface area contributed by atoms with Crippen molar-refractivity contribution < 1.29 is 9.90 Å². The van der Waals surface area contributed by atoms with Gasteiger partial charge in [0.1, 0.15) is 5.75 Å². The molecular weight excluding hydrogens is 274 g/mol. The van der Waals surface area contributed by atoms with Crippen molar-refractivity contribution in [1.82, 2.24) is 5.32 Å². The van der Waals surface area contributed by atoms with Gasteiger partial charge in [-0.25, -0.2) is 0 Å². The first-order valence-electron chi connectivity index (χ1n) is 7.43. The van der Waals surface area contributed by atoms with E-state index in [9.17, 15) is 9.90 Å². The van der Waals surface area contributed by atoms with Crippen LogP contribution in [0.1, 0.15) is 55.3 Å². The maximum atomic E-state index is 12.1. The fourth-order valence-electron chi connectivity index (χ4n) is 2.76. The number of carbonyl (C=O) groups is 1. The maximum Gasteiger partial charge on any atom is 0.252 e. The summed E-state index contributed by atoms with van der Waals surface area (Å²) in [5, 5.41) is 12.8. The average Bonchev–Trinajstić information content (AvgIpc) is 2.40. The Hall–Kier alpha value is -1.22. The zero-order chi connectivity index (χ0) is 14.4. The SMILES string of the molecule is O=C(NCC1CCCCCCC1)c1cc(O)ccc1Cl. The zero-order valence-electron chi connectivity index (χ0n) is 11.7. The summed E-state index contributed by atoms with van der Waals surface area (Å²) < 4.78 is 0. The van der Waals surface area contributed by atoms with Gasteiger partial charge in [-0.15, -0.1) is 0 Å². The van der Waals surface area contributed by atoms with E-state index in [0.717, 1.165) is 0 Å². The van der Waals surface area contributed by atoms with Crippen LogP contribution in [-0.2, 0) is 0 Å². The molecule has 1 aliphatic rings. The van der Waals surface area contributed by atoms with E-state index in [4.69, 9.17) is 11.6 Å². The number of aromatic hydroxyl groups is 1. The van der Waals surface area contributed by atoms with Crippen molar-refractivity contribution in [2.24, 2.45) is 5.92 Å². The average molecular weight is 296 g/mol. The van der Waals surface area contributed by atoms with E-state index in [0.29, 0.717) is 23.0 Å². The third-order valence-electron chi connectivity index (χ3n) is 3.97. The molecule has 1 fully saturated rings. The molecule has 110 valence electrons. The van der Waals surface area contributed by atoms with Crippen molar-refractivity contribution in [1.29, 1.82) is 0 Å². The third-order valence-corrected chi connectivity index (χ3v) is 4.30. The summed E-state index contributed by atoms with van der Waals surface area (Å²) in [6.07, 6.45) is 8.85. The predicted molar refractivity (Wildman–Crippen MR) is 81.3 cm³/mol. The molecule has 1 amide bonds. The van der Waals surface area contributed by atoms with Gasteiger partial charge in [0.15, 0.2) is 0 Å². The number of hydrogen-bond acceptors (Lipinski definition) is 2. The molecule has 1 saturated carbocycles. The summed E-state index contributed by atoms with van der Waals surface area (Å²) in [7, 11) is 0. The van der Waals surface area contributed by atoms with Crippen molar-refractivity contribution in [3.05, 3.63) is 28.8 Å². The molecule has 20 heavy (non-hydrogen) atoms. The van der Waals surface area contributed by atoms with Crippen LogP contribution < -0.4 is 5.32 Å². The molecule has 1 aliphatic carbocycles. The number of rotatable bonds is 3. The Morgan fingerprint density at radius 3 is 2.55 bits per heavy atom. The van der Waals surface area contributed by atoms with Crippen LogP contribution in [0.2, 0.25) is 5.02 Å². The van der Waals surface area contributed by atoms with E-state index in [1.54, 1.807) is 6.07 Å². The minimum absolute atomic E-state index is 0.0607. The third kappa shape index (κ3) is 4.41. The number of benzene rings is 1. The molecule has 0 unspecified atom stereocenters.